The number of nitrogens with one attached hydrogen (secondary N) is 1. The molecule has 0 aromatic carbocycles. The van der Waals surface area contributed by atoms with Crippen LogP contribution in [0, 0.1) is 20.8 Å². The summed E-state index contributed by atoms with van der Waals surface area (Å²) in [6.45, 7) is 10.8. The van der Waals surface area contributed by atoms with E-state index in [9.17, 15) is 4.79 Å². The van der Waals surface area contributed by atoms with Gasteiger partial charge in [-0.2, -0.15) is 5.10 Å². The predicted octanol–water partition coefficient (Wildman–Crippen LogP) is 4.00. The van der Waals surface area contributed by atoms with Crippen LogP contribution in [0.3, 0.4) is 0 Å². The molecule has 7 nitrogen and oxygen atoms in total. The quantitative estimate of drug-likeness (QED) is 0.683. The first-order valence-corrected chi connectivity index (χ1v) is 11.0. The zero-order valence-electron chi connectivity index (χ0n) is 18.0. The van der Waals surface area contributed by atoms with Crippen molar-refractivity contribution in [3.05, 3.63) is 45.5 Å². The molecule has 0 bridgehead atoms. The second-order valence-electron chi connectivity index (χ2n) is 8.40. The first-order valence-electron chi connectivity index (χ1n) is 10.1. The average Bonchev–Trinajstić information content (AvgIpc) is 3.22. The summed E-state index contributed by atoms with van der Waals surface area (Å²) >= 11 is 1.75. The lowest BCUT2D eigenvalue weighted by molar-refractivity contribution is -0.0615. The highest BCUT2D eigenvalue weighted by molar-refractivity contribution is 7.12. The molecule has 158 valence electrons. The van der Waals surface area contributed by atoms with E-state index in [2.05, 4.69) is 49.2 Å². The first-order chi connectivity index (χ1) is 14.2. The minimum absolute atomic E-state index is 0.0911. The molecule has 1 aliphatic heterocycles. The monoisotopic (exact) mass is 425 g/mol. The number of amides is 1. The summed E-state index contributed by atoms with van der Waals surface area (Å²) in [5, 5.41) is 7.53. The highest BCUT2D eigenvalue weighted by Gasteiger charge is 2.30. The molecule has 1 N–H and O–H groups in total. The Morgan fingerprint density at radius 2 is 2.13 bits per heavy atom. The van der Waals surface area contributed by atoms with E-state index in [-0.39, 0.29) is 17.6 Å². The van der Waals surface area contributed by atoms with Gasteiger partial charge in [0.25, 0.3) is 11.9 Å². The number of hydrogen-bond acceptors (Lipinski definition) is 6. The van der Waals surface area contributed by atoms with E-state index < -0.39 is 0 Å². The SMILES string of the molecule is Cc1cc(-c2ccnc(-n3ncc(C(=O)NC4CCOC(C)(C)C4)c3C)n2)c(C)s1. The van der Waals surface area contributed by atoms with Gasteiger partial charge >= 0.3 is 0 Å². The fourth-order valence-electron chi connectivity index (χ4n) is 3.94. The van der Waals surface area contributed by atoms with Crippen LogP contribution in [-0.4, -0.2) is 43.9 Å². The van der Waals surface area contributed by atoms with Gasteiger partial charge in [-0.15, -0.1) is 11.3 Å². The number of ether oxygens (including phenoxy) is 1. The standard InChI is InChI=1S/C22H27N5O2S/c1-13-10-17(15(3)30-13)19-6-8-23-21(26-19)27-14(2)18(12-24-27)20(28)25-16-7-9-29-22(4,5)11-16/h6,8,10,12,16H,7,9,11H2,1-5H3,(H,25,28). The van der Waals surface area contributed by atoms with Crippen LogP contribution in [0.15, 0.2) is 24.5 Å². The van der Waals surface area contributed by atoms with E-state index in [0.29, 0.717) is 23.8 Å². The van der Waals surface area contributed by atoms with E-state index in [1.54, 1.807) is 28.4 Å². The predicted molar refractivity (Wildman–Crippen MR) is 117 cm³/mol. The average molecular weight is 426 g/mol. The van der Waals surface area contributed by atoms with Crippen molar-refractivity contribution >= 4 is 17.2 Å². The number of rotatable bonds is 4. The molecule has 8 heteroatoms. The zero-order chi connectivity index (χ0) is 21.5. The highest BCUT2D eigenvalue weighted by atomic mass is 32.1. The third-order valence-corrected chi connectivity index (χ3v) is 6.40. The number of thiophene rings is 1. The van der Waals surface area contributed by atoms with E-state index >= 15 is 0 Å². The van der Waals surface area contributed by atoms with Crippen LogP contribution in [0.2, 0.25) is 0 Å². The summed E-state index contributed by atoms with van der Waals surface area (Å²) < 4.78 is 7.37. The molecule has 4 heterocycles. The Kier molecular flexibility index (Phi) is 5.46. The number of carbonyl (C=O) groups is 1. The van der Waals surface area contributed by atoms with Crippen molar-refractivity contribution in [2.24, 2.45) is 0 Å². The van der Waals surface area contributed by atoms with Gasteiger partial charge in [0, 0.05) is 34.2 Å². The van der Waals surface area contributed by atoms with Gasteiger partial charge in [0.15, 0.2) is 0 Å². The van der Waals surface area contributed by atoms with E-state index in [1.807, 2.05) is 13.0 Å². The summed E-state index contributed by atoms with van der Waals surface area (Å²) in [5.74, 6) is 0.335. The second-order valence-corrected chi connectivity index (χ2v) is 9.86. The minimum Gasteiger partial charge on any atom is -0.375 e. The Balaban J connectivity index is 1.57. The molecule has 1 saturated heterocycles. The molecular weight excluding hydrogens is 398 g/mol. The van der Waals surface area contributed by atoms with Gasteiger partial charge < -0.3 is 10.1 Å². The zero-order valence-corrected chi connectivity index (χ0v) is 18.8. The molecule has 3 aromatic rings. The minimum atomic E-state index is -0.220. The van der Waals surface area contributed by atoms with Crippen molar-refractivity contribution in [3.8, 4) is 17.2 Å². The van der Waals surface area contributed by atoms with Crippen LogP contribution in [0.1, 0.15) is 52.5 Å². The Morgan fingerprint density at radius 1 is 1.33 bits per heavy atom. The van der Waals surface area contributed by atoms with Crippen LogP contribution >= 0.6 is 11.3 Å². The fourth-order valence-corrected chi connectivity index (χ4v) is 4.87. The first kappa shape index (κ1) is 20.7. The van der Waals surface area contributed by atoms with Gasteiger partial charge in [0.2, 0.25) is 0 Å². The summed E-state index contributed by atoms with van der Waals surface area (Å²) in [6, 6.07) is 4.13. The van der Waals surface area contributed by atoms with Gasteiger partial charge in [-0.05, 0) is 59.6 Å². The third-order valence-electron chi connectivity index (χ3n) is 5.44. The van der Waals surface area contributed by atoms with Crippen molar-refractivity contribution in [3.63, 3.8) is 0 Å². The number of nitrogens with zero attached hydrogens (tertiary/aromatic N) is 4. The molecule has 0 saturated carbocycles. The number of hydrogen-bond donors (Lipinski definition) is 1. The van der Waals surface area contributed by atoms with Crippen molar-refractivity contribution in [1.29, 1.82) is 0 Å². The number of aryl methyl sites for hydroxylation is 2. The Morgan fingerprint density at radius 3 is 2.83 bits per heavy atom. The van der Waals surface area contributed by atoms with Crippen LogP contribution < -0.4 is 5.32 Å². The molecule has 30 heavy (non-hydrogen) atoms. The van der Waals surface area contributed by atoms with Gasteiger partial charge in [-0.1, -0.05) is 0 Å². The Hall–Kier alpha value is -2.58. The molecule has 1 unspecified atom stereocenters. The van der Waals surface area contributed by atoms with Crippen molar-refractivity contribution in [2.45, 2.75) is 59.1 Å². The molecule has 3 aromatic heterocycles. The molecule has 1 aliphatic rings. The molecule has 1 fully saturated rings. The third kappa shape index (κ3) is 4.15. The van der Waals surface area contributed by atoms with Gasteiger partial charge in [-0.25, -0.2) is 14.6 Å². The Labute approximate surface area is 180 Å². The van der Waals surface area contributed by atoms with Gasteiger partial charge in [0.1, 0.15) is 0 Å². The van der Waals surface area contributed by atoms with Crippen molar-refractivity contribution in [2.75, 3.05) is 6.61 Å². The topological polar surface area (TPSA) is 81.9 Å². The van der Waals surface area contributed by atoms with Crippen LogP contribution in [0.4, 0.5) is 0 Å². The lowest BCUT2D eigenvalue weighted by atomic mass is 9.94. The smallest absolute Gasteiger partial charge is 0.254 e. The molecule has 1 atom stereocenters. The van der Waals surface area contributed by atoms with Crippen LogP contribution in [0.5, 0.6) is 0 Å². The second kappa shape index (κ2) is 7.92. The van der Waals surface area contributed by atoms with Crippen molar-refractivity contribution < 1.29 is 9.53 Å². The van der Waals surface area contributed by atoms with Crippen molar-refractivity contribution in [1.82, 2.24) is 25.1 Å². The maximum atomic E-state index is 12.9. The number of aromatic nitrogens is 4. The van der Waals surface area contributed by atoms with E-state index in [1.165, 1.54) is 9.75 Å². The highest BCUT2D eigenvalue weighted by Crippen LogP contribution is 2.29. The van der Waals surface area contributed by atoms with E-state index in [4.69, 9.17) is 9.72 Å². The summed E-state index contributed by atoms with van der Waals surface area (Å²) in [7, 11) is 0. The maximum Gasteiger partial charge on any atom is 0.254 e. The molecule has 0 aliphatic carbocycles. The molecule has 0 spiro atoms. The molecule has 4 rings (SSSR count). The maximum absolute atomic E-state index is 12.9. The summed E-state index contributed by atoms with van der Waals surface area (Å²) in [4.78, 5) is 24.4. The summed E-state index contributed by atoms with van der Waals surface area (Å²) in [5.41, 5.74) is 2.99. The lowest BCUT2D eigenvalue weighted by Crippen LogP contribution is -2.45. The molecule has 1 amide bonds. The Bertz CT molecular complexity index is 1090. The largest absolute Gasteiger partial charge is 0.375 e. The van der Waals surface area contributed by atoms with Gasteiger partial charge in [0.05, 0.1) is 28.7 Å². The number of carbonyl (C=O) groups excluding carboxylic acids is 1. The summed E-state index contributed by atoms with van der Waals surface area (Å²) in [6.07, 6.45) is 4.92. The molecular formula is C22H27N5O2S. The fraction of sp³-hybridized carbons (Fsp3) is 0.455. The van der Waals surface area contributed by atoms with E-state index in [0.717, 1.165) is 24.1 Å². The van der Waals surface area contributed by atoms with Gasteiger partial charge in [-0.3, -0.25) is 4.79 Å². The van der Waals surface area contributed by atoms with Crippen LogP contribution in [-0.2, 0) is 4.74 Å². The normalized spacial score (nSPS) is 18.4. The molecule has 0 radical (unpaired) electrons. The van der Waals surface area contributed by atoms with Crippen LogP contribution in [0.25, 0.3) is 17.2 Å². The lowest BCUT2D eigenvalue weighted by Gasteiger charge is -2.35.